The first-order valence-corrected chi connectivity index (χ1v) is 9.73. The van der Waals surface area contributed by atoms with Gasteiger partial charge in [0.05, 0.1) is 11.0 Å². The van der Waals surface area contributed by atoms with Crippen molar-refractivity contribution in [2.24, 2.45) is 5.41 Å². The lowest BCUT2D eigenvalue weighted by Crippen LogP contribution is -2.47. The zero-order valence-corrected chi connectivity index (χ0v) is 15.2. The minimum atomic E-state index is -0.134. The molecule has 4 rings (SSSR count). The summed E-state index contributed by atoms with van der Waals surface area (Å²) in [6.45, 7) is 4.85. The summed E-state index contributed by atoms with van der Waals surface area (Å²) in [5, 5.41) is 8.86. The van der Waals surface area contributed by atoms with E-state index in [-0.39, 0.29) is 17.5 Å². The van der Waals surface area contributed by atoms with Gasteiger partial charge in [0.1, 0.15) is 18.0 Å². The van der Waals surface area contributed by atoms with Gasteiger partial charge in [-0.1, -0.05) is 12.8 Å². The summed E-state index contributed by atoms with van der Waals surface area (Å²) in [4.78, 5) is 21.3. The van der Waals surface area contributed by atoms with Crippen molar-refractivity contribution in [3.05, 3.63) is 23.9 Å². The maximum absolute atomic E-state index is 12.2. The number of hydrogen-bond acceptors (Lipinski definition) is 6. The minimum absolute atomic E-state index is 0.0664. The Morgan fingerprint density at radius 3 is 2.65 bits per heavy atom. The number of aromatic nitrogens is 1. The van der Waals surface area contributed by atoms with Crippen LogP contribution in [-0.4, -0.2) is 54.7 Å². The topological polar surface area (TPSA) is 69.5 Å². The number of cyclic esters (lactones) is 1. The molecule has 1 aromatic rings. The second-order valence-electron chi connectivity index (χ2n) is 7.85. The number of nitriles is 1. The number of hydrogen-bond donors (Lipinski definition) is 0. The second-order valence-corrected chi connectivity index (χ2v) is 7.85. The fourth-order valence-electron chi connectivity index (χ4n) is 4.62. The van der Waals surface area contributed by atoms with Crippen LogP contribution in [0.25, 0.3) is 0 Å². The van der Waals surface area contributed by atoms with Crippen LogP contribution in [0.1, 0.15) is 44.1 Å². The SMILES string of the molecule is N#Cc1ccc(N2CCN(CC[C@H]3CC4(CCCC4)C(=O)O3)CC2)nc1. The number of carbonyl (C=O) groups is 1. The van der Waals surface area contributed by atoms with E-state index >= 15 is 0 Å². The van der Waals surface area contributed by atoms with Crippen molar-refractivity contribution >= 4 is 11.8 Å². The molecule has 0 amide bonds. The molecule has 1 aromatic heterocycles. The zero-order valence-electron chi connectivity index (χ0n) is 15.2. The number of anilines is 1. The highest BCUT2D eigenvalue weighted by molar-refractivity contribution is 5.79. The van der Waals surface area contributed by atoms with Crippen molar-refractivity contribution < 1.29 is 9.53 Å². The molecule has 0 N–H and O–H groups in total. The summed E-state index contributed by atoms with van der Waals surface area (Å²) in [5.74, 6) is 1.01. The van der Waals surface area contributed by atoms with Gasteiger partial charge in [0, 0.05) is 45.3 Å². The molecule has 1 saturated carbocycles. The smallest absolute Gasteiger partial charge is 0.312 e. The van der Waals surface area contributed by atoms with Crippen molar-refractivity contribution in [2.75, 3.05) is 37.6 Å². The van der Waals surface area contributed by atoms with Crippen molar-refractivity contribution in [3.8, 4) is 6.07 Å². The third kappa shape index (κ3) is 3.41. The van der Waals surface area contributed by atoms with E-state index in [0.717, 1.165) is 64.2 Å². The van der Waals surface area contributed by atoms with E-state index < -0.39 is 0 Å². The van der Waals surface area contributed by atoms with Crippen molar-refractivity contribution in [3.63, 3.8) is 0 Å². The van der Waals surface area contributed by atoms with Gasteiger partial charge in [0.25, 0.3) is 0 Å². The molecule has 138 valence electrons. The molecule has 26 heavy (non-hydrogen) atoms. The van der Waals surface area contributed by atoms with Crippen LogP contribution >= 0.6 is 0 Å². The number of ether oxygens (including phenoxy) is 1. The Bertz CT molecular complexity index is 683. The Labute approximate surface area is 154 Å². The van der Waals surface area contributed by atoms with Gasteiger partial charge in [0.2, 0.25) is 0 Å². The average molecular weight is 354 g/mol. The van der Waals surface area contributed by atoms with Crippen LogP contribution in [0, 0.1) is 16.7 Å². The lowest BCUT2D eigenvalue weighted by Gasteiger charge is -2.35. The van der Waals surface area contributed by atoms with Crippen LogP contribution in [0.3, 0.4) is 0 Å². The molecule has 1 atom stereocenters. The number of pyridine rings is 1. The third-order valence-electron chi connectivity index (χ3n) is 6.23. The highest BCUT2D eigenvalue weighted by atomic mass is 16.6. The zero-order chi connectivity index (χ0) is 18.0. The number of nitrogens with zero attached hydrogens (tertiary/aromatic N) is 4. The summed E-state index contributed by atoms with van der Waals surface area (Å²) < 4.78 is 5.69. The maximum atomic E-state index is 12.2. The molecule has 2 aliphatic heterocycles. The minimum Gasteiger partial charge on any atom is -0.462 e. The van der Waals surface area contributed by atoms with Gasteiger partial charge in [-0.25, -0.2) is 4.98 Å². The van der Waals surface area contributed by atoms with Crippen LogP contribution in [-0.2, 0) is 9.53 Å². The summed E-state index contributed by atoms with van der Waals surface area (Å²) in [6, 6.07) is 5.85. The summed E-state index contributed by atoms with van der Waals surface area (Å²) in [7, 11) is 0. The van der Waals surface area contributed by atoms with Gasteiger partial charge in [-0.2, -0.15) is 5.26 Å². The van der Waals surface area contributed by atoms with Gasteiger partial charge >= 0.3 is 5.97 Å². The Morgan fingerprint density at radius 1 is 1.23 bits per heavy atom. The number of piperazine rings is 1. The van der Waals surface area contributed by atoms with Crippen LogP contribution in [0.15, 0.2) is 18.3 Å². The maximum Gasteiger partial charge on any atom is 0.312 e. The van der Waals surface area contributed by atoms with Crippen molar-refractivity contribution in [1.29, 1.82) is 5.26 Å². The first-order valence-electron chi connectivity index (χ1n) is 9.73. The van der Waals surface area contributed by atoms with E-state index in [4.69, 9.17) is 10.00 Å². The van der Waals surface area contributed by atoms with Crippen LogP contribution in [0.4, 0.5) is 5.82 Å². The standard InChI is InChI=1S/C20H26N4O2/c21-14-16-3-4-18(22-15-16)24-11-9-23(10-12-24)8-5-17-13-20(19(25)26-17)6-1-2-7-20/h3-4,15,17H,1-2,5-13H2/t17-/m0/s1. The molecular formula is C20H26N4O2. The molecule has 0 radical (unpaired) electrons. The molecule has 0 aromatic carbocycles. The molecule has 6 nitrogen and oxygen atoms in total. The number of rotatable bonds is 4. The molecular weight excluding hydrogens is 328 g/mol. The first kappa shape index (κ1) is 17.3. The monoisotopic (exact) mass is 354 g/mol. The normalized spacial score (nSPS) is 25.4. The quantitative estimate of drug-likeness (QED) is 0.773. The molecule has 0 unspecified atom stereocenters. The lowest BCUT2D eigenvalue weighted by atomic mass is 9.83. The first-order chi connectivity index (χ1) is 12.7. The van der Waals surface area contributed by atoms with E-state index in [1.54, 1.807) is 6.20 Å². The predicted molar refractivity (Wildman–Crippen MR) is 97.6 cm³/mol. The molecule has 6 heteroatoms. The predicted octanol–water partition coefficient (Wildman–Crippen LogP) is 2.34. The Balaban J connectivity index is 1.23. The third-order valence-corrected chi connectivity index (χ3v) is 6.23. The Kier molecular flexibility index (Phi) is 4.82. The molecule has 0 bridgehead atoms. The fraction of sp³-hybridized carbons (Fsp3) is 0.650. The van der Waals surface area contributed by atoms with E-state index in [1.165, 1.54) is 12.8 Å². The summed E-state index contributed by atoms with van der Waals surface area (Å²) in [5.41, 5.74) is 0.462. The van der Waals surface area contributed by atoms with E-state index in [2.05, 4.69) is 20.9 Å². The van der Waals surface area contributed by atoms with Gasteiger partial charge in [-0.3, -0.25) is 9.69 Å². The van der Waals surface area contributed by atoms with Gasteiger partial charge in [-0.05, 0) is 31.4 Å². The van der Waals surface area contributed by atoms with Gasteiger partial charge < -0.3 is 9.64 Å². The largest absolute Gasteiger partial charge is 0.462 e. The van der Waals surface area contributed by atoms with Crippen LogP contribution in [0.5, 0.6) is 0 Å². The Morgan fingerprint density at radius 2 is 2.00 bits per heavy atom. The van der Waals surface area contributed by atoms with E-state index in [1.807, 2.05) is 12.1 Å². The summed E-state index contributed by atoms with van der Waals surface area (Å²) >= 11 is 0. The van der Waals surface area contributed by atoms with Gasteiger partial charge in [-0.15, -0.1) is 0 Å². The van der Waals surface area contributed by atoms with E-state index in [0.29, 0.717) is 5.56 Å². The molecule has 2 saturated heterocycles. The van der Waals surface area contributed by atoms with Crippen LogP contribution < -0.4 is 4.90 Å². The van der Waals surface area contributed by atoms with Crippen LogP contribution in [0.2, 0.25) is 0 Å². The second kappa shape index (κ2) is 7.24. The molecule has 3 fully saturated rings. The lowest BCUT2D eigenvalue weighted by molar-refractivity contribution is -0.148. The van der Waals surface area contributed by atoms with E-state index in [9.17, 15) is 4.79 Å². The number of carbonyl (C=O) groups excluding carboxylic acids is 1. The summed E-state index contributed by atoms with van der Waals surface area (Å²) in [6.07, 6.45) is 8.02. The fourth-order valence-corrected chi connectivity index (χ4v) is 4.62. The van der Waals surface area contributed by atoms with Crippen molar-refractivity contribution in [2.45, 2.75) is 44.6 Å². The Hall–Kier alpha value is -2.13. The van der Waals surface area contributed by atoms with Crippen molar-refractivity contribution in [1.82, 2.24) is 9.88 Å². The highest BCUT2D eigenvalue weighted by Crippen LogP contribution is 2.48. The number of esters is 1. The molecule has 1 aliphatic carbocycles. The molecule has 1 spiro atoms. The molecule has 3 aliphatic rings. The average Bonchev–Trinajstić information content (AvgIpc) is 3.28. The highest BCUT2D eigenvalue weighted by Gasteiger charge is 2.50. The van der Waals surface area contributed by atoms with Gasteiger partial charge in [0.15, 0.2) is 0 Å². The molecule has 3 heterocycles.